The van der Waals surface area contributed by atoms with Gasteiger partial charge in [-0.1, -0.05) is 18.2 Å². The van der Waals surface area contributed by atoms with Gasteiger partial charge in [0.05, 0.1) is 12.1 Å². The first-order valence-corrected chi connectivity index (χ1v) is 10.2. The molecule has 0 unspecified atom stereocenters. The number of aryl methyl sites for hydroxylation is 1. The zero-order valence-electron chi connectivity index (χ0n) is 16.2. The Morgan fingerprint density at radius 1 is 1.17 bits per heavy atom. The van der Waals surface area contributed by atoms with E-state index in [1.165, 1.54) is 11.8 Å². The molecule has 1 amide bonds. The number of carboxylic acids is 1. The van der Waals surface area contributed by atoms with Crippen molar-refractivity contribution in [3.63, 3.8) is 0 Å². The molecule has 0 radical (unpaired) electrons. The van der Waals surface area contributed by atoms with E-state index in [1.807, 2.05) is 38.1 Å². The Hall–Kier alpha value is -3.06. The zero-order chi connectivity index (χ0) is 20.8. The minimum atomic E-state index is -1.08. The van der Waals surface area contributed by atoms with Gasteiger partial charge < -0.3 is 15.2 Å². The van der Waals surface area contributed by atoms with Crippen molar-refractivity contribution < 1.29 is 19.4 Å². The number of carbonyl (C=O) groups excluding carboxylic acids is 1. The molecule has 150 valence electrons. The number of hydrogen-bond acceptors (Lipinski definition) is 5. The highest BCUT2D eigenvalue weighted by molar-refractivity contribution is 7.99. The number of carboxylic acid groups (broad SMARTS) is 1. The van der Waals surface area contributed by atoms with Crippen LogP contribution in [0.15, 0.2) is 59.5 Å². The molecule has 7 heteroatoms. The average Bonchev–Trinajstić information content (AvgIpc) is 2.71. The minimum Gasteiger partial charge on any atom is -0.494 e. The minimum absolute atomic E-state index is 0.186. The van der Waals surface area contributed by atoms with Gasteiger partial charge >= 0.3 is 5.97 Å². The zero-order valence-corrected chi connectivity index (χ0v) is 17.0. The Bertz CT molecular complexity index is 1020. The lowest BCUT2D eigenvalue weighted by atomic mass is 10.2. The maximum Gasteiger partial charge on any atom is 0.327 e. The number of rotatable bonds is 8. The average molecular weight is 410 g/mol. The summed E-state index contributed by atoms with van der Waals surface area (Å²) in [5.74, 6) is -0.565. The molecule has 0 aliphatic rings. The number of benzene rings is 2. The summed E-state index contributed by atoms with van der Waals surface area (Å²) < 4.78 is 5.58. The van der Waals surface area contributed by atoms with Gasteiger partial charge in [-0.25, -0.2) is 4.79 Å². The molecule has 1 heterocycles. The second kappa shape index (κ2) is 9.43. The van der Waals surface area contributed by atoms with Crippen LogP contribution >= 0.6 is 11.8 Å². The lowest BCUT2D eigenvalue weighted by Gasteiger charge is -2.15. The fraction of sp³-hybridized carbons (Fsp3) is 0.227. The van der Waals surface area contributed by atoms with E-state index in [4.69, 9.17) is 4.74 Å². The SMILES string of the molecule is CCOc1ccc2nc(C)cc(SC[C@@H](NC(=O)c3ccccc3)C(=O)O)c2c1. The van der Waals surface area contributed by atoms with E-state index in [0.29, 0.717) is 12.2 Å². The van der Waals surface area contributed by atoms with Crippen LogP contribution in [-0.2, 0) is 4.79 Å². The van der Waals surface area contributed by atoms with Crippen LogP contribution in [-0.4, -0.2) is 40.4 Å². The Morgan fingerprint density at radius 3 is 2.62 bits per heavy atom. The highest BCUT2D eigenvalue weighted by atomic mass is 32.2. The molecular formula is C22H22N2O4S. The second-order valence-electron chi connectivity index (χ2n) is 6.42. The van der Waals surface area contributed by atoms with Crippen molar-refractivity contribution in [3.05, 3.63) is 65.9 Å². The Morgan fingerprint density at radius 2 is 1.93 bits per heavy atom. The lowest BCUT2D eigenvalue weighted by Crippen LogP contribution is -2.42. The van der Waals surface area contributed by atoms with Gasteiger partial charge in [0.25, 0.3) is 5.91 Å². The Kier molecular flexibility index (Phi) is 6.72. The van der Waals surface area contributed by atoms with E-state index >= 15 is 0 Å². The third-order valence-electron chi connectivity index (χ3n) is 4.23. The normalized spacial score (nSPS) is 11.8. The first kappa shape index (κ1) is 20.7. The van der Waals surface area contributed by atoms with Gasteiger partial charge in [-0.15, -0.1) is 11.8 Å². The standard InChI is InChI=1S/C22H22N2O4S/c1-3-28-16-9-10-18-17(12-16)20(11-14(2)23-18)29-13-19(22(26)27)24-21(25)15-7-5-4-6-8-15/h4-12,19H,3,13H2,1-2H3,(H,24,25)(H,26,27)/t19-/m1/s1. The molecule has 2 aromatic carbocycles. The van der Waals surface area contributed by atoms with Gasteiger partial charge in [-0.05, 0) is 50.2 Å². The summed E-state index contributed by atoms with van der Waals surface area (Å²) in [5, 5.41) is 13.1. The van der Waals surface area contributed by atoms with Crippen LogP contribution in [0.1, 0.15) is 23.0 Å². The fourth-order valence-corrected chi connectivity index (χ4v) is 4.00. The number of nitrogens with zero attached hydrogens (tertiary/aromatic N) is 1. The van der Waals surface area contributed by atoms with Crippen LogP contribution in [0.25, 0.3) is 10.9 Å². The molecule has 29 heavy (non-hydrogen) atoms. The molecule has 0 spiro atoms. The number of aliphatic carboxylic acids is 1. The molecule has 3 aromatic rings. The van der Waals surface area contributed by atoms with E-state index in [-0.39, 0.29) is 5.75 Å². The first-order chi connectivity index (χ1) is 14.0. The van der Waals surface area contributed by atoms with Crippen molar-refractivity contribution in [1.29, 1.82) is 0 Å². The van der Waals surface area contributed by atoms with Crippen molar-refractivity contribution in [1.82, 2.24) is 10.3 Å². The van der Waals surface area contributed by atoms with Crippen LogP contribution < -0.4 is 10.1 Å². The molecule has 0 fully saturated rings. The highest BCUT2D eigenvalue weighted by Crippen LogP contribution is 2.31. The molecule has 0 saturated carbocycles. The molecule has 3 rings (SSSR count). The number of amides is 1. The molecule has 0 saturated heterocycles. The maximum absolute atomic E-state index is 12.3. The predicted octanol–water partition coefficient (Wildman–Crippen LogP) is 3.92. The quantitative estimate of drug-likeness (QED) is 0.547. The number of aromatic nitrogens is 1. The molecule has 6 nitrogen and oxygen atoms in total. The van der Waals surface area contributed by atoms with Crippen molar-refractivity contribution in [2.45, 2.75) is 24.8 Å². The molecule has 1 atom stereocenters. The van der Waals surface area contributed by atoms with Crippen LogP contribution in [0, 0.1) is 6.92 Å². The number of pyridine rings is 1. The van der Waals surface area contributed by atoms with Crippen molar-refractivity contribution in [3.8, 4) is 5.75 Å². The van der Waals surface area contributed by atoms with E-state index in [1.54, 1.807) is 30.3 Å². The van der Waals surface area contributed by atoms with Gasteiger partial charge in [0, 0.05) is 27.3 Å². The van der Waals surface area contributed by atoms with Crippen molar-refractivity contribution in [2.75, 3.05) is 12.4 Å². The number of thioether (sulfide) groups is 1. The molecule has 0 aliphatic heterocycles. The predicted molar refractivity (Wildman–Crippen MR) is 114 cm³/mol. The monoisotopic (exact) mass is 410 g/mol. The third kappa shape index (κ3) is 5.26. The largest absolute Gasteiger partial charge is 0.494 e. The van der Waals surface area contributed by atoms with Crippen molar-refractivity contribution in [2.24, 2.45) is 0 Å². The molecule has 2 N–H and O–H groups in total. The van der Waals surface area contributed by atoms with Gasteiger partial charge in [0.15, 0.2) is 0 Å². The van der Waals surface area contributed by atoms with E-state index in [0.717, 1.165) is 27.2 Å². The number of carbonyl (C=O) groups is 2. The van der Waals surface area contributed by atoms with E-state index in [9.17, 15) is 14.7 Å². The summed E-state index contributed by atoms with van der Waals surface area (Å²) in [6.07, 6.45) is 0. The van der Waals surface area contributed by atoms with Gasteiger partial charge in [0.1, 0.15) is 11.8 Å². The number of nitrogens with one attached hydrogen (secondary N) is 1. The Labute approximate surface area is 173 Å². The van der Waals surface area contributed by atoms with E-state index < -0.39 is 17.9 Å². The maximum atomic E-state index is 12.3. The number of hydrogen-bond donors (Lipinski definition) is 2. The van der Waals surface area contributed by atoms with Gasteiger partial charge in [-0.3, -0.25) is 9.78 Å². The summed E-state index contributed by atoms with van der Waals surface area (Å²) in [4.78, 5) is 29.5. The van der Waals surface area contributed by atoms with Crippen LogP contribution in [0.5, 0.6) is 5.75 Å². The number of fused-ring (bicyclic) bond motifs is 1. The summed E-state index contributed by atoms with van der Waals surface area (Å²) >= 11 is 1.37. The second-order valence-corrected chi connectivity index (χ2v) is 7.48. The molecule has 0 bridgehead atoms. The topological polar surface area (TPSA) is 88.5 Å². The van der Waals surface area contributed by atoms with E-state index in [2.05, 4.69) is 10.3 Å². The van der Waals surface area contributed by atoms with Crippen LogP contribution in [0.2, 0.25) is 0 Å². The number of ether oxygens (including phenoxy) is 1. The molecule has 1 aromatic heterocycles. The fourth-order valence-electron chi connectivity index (χ4n) is 2.85. The van der Waals surface area contributed by atoms with Crippen LogP contribution in [0.3, 0.4) is 0 Å². The van der Waals surface area contributed by atoms with Crippen LogP contribution in [0.4, 0.5) is 0 Å². The van der Waals surface area contributed by atoms with Gasteiger partial charge in [0.2, 0.25) is 0 Å². The van der Waals surface area contributed by atoms with Crippen molar-refractivity contribution >= 4 is 34.5 Å². The summed E-state index contributed by atoms with van der Waals surface area (Å²) in [6, 6.07) is 15.1. The highest BCUT2D eigenvalue weighted by Gasteiger charge is 2.21. The Balaban J connectivity index is 1.80. The first-order valence-electron chi connectivity index (χ1n) is 9.23. The van der Waals surface area contributed by atoms with Gasteiger partial charge in [-0.2, -0.15) is 0 Å². The summed E-state index contributed by atoms with van der Waals surface area (Å²) in [6.45, 7) is 4.37. The molecular weight excluding hydrogens is 388 g/mol. The smallest absolute Gasteiger partial charge is 0.327 e. The molecule has 0 aliphatic carbocycles. The lowest BCUT2D eigenvalue weighted by molar-refractivity contribution is -0.138. The third-order valence-corrected chi connectivity index (χ3v) is 5.37. The summed E-state index contributed by atoms with van der Waals surface area (Å²) in [7, 11) is 0. The summed E-state index contributed by atoms with van der Waals surface area (Å²) in [5.41, 5.74) is 2.08.